The standard InChI is InChI=1S/C22H34O2.C20H30O2/c1-3-5-6-7-8-9-10-11-12-13-14-15-16-17-18-19-20-21-22(23)24-4-2;1-2-3-4-5-6-7-8-9-10-11-12-13-14-15-16-17-18-19-20(21)22/h5-6,8-9,11-12,14-15,17-18H,3-4,7,10,13,16,19-21H2,1-2H3;3-4,6-7,9-10,12-13,15-16H,2,5,8,11,14,17-19H2,1H3,(H,21,22)/b6-5-,9-8-,12-11-,15-14-,18-17-;4-3-,7-6-,10-9-,13-12-,16-15-. The summed E-state index contributed by atoms with van der Waals surface area (Å²) in [5.41, 5.74) is 0. The van der Waals surface area contributed by atoms with Gasteiger partial charge in [-0.05, 0) is 96.8 Å². The normalized spacial score (nSPS) is 12.7. The van der Waals surface area contributed by atoms with E-state index >= 15 is 0 Å². The first kappa shape index (κ1) is 44.5. The summed E-state index contributed by atoms with van der Waals surface area (Å²) in [6, 6.07) is 0. The predicted molar refractivity (Wildman–Crippen MR) is 201 cm³/mol. The highest BCUT2D eigenvalue weighted by atomic mass is 16.5. The van der Waals surface area contributed by atoms with E-state index in [4.69, 9.17) is 9.84 Å². The molecule has 0 aromatic rings. The zero-order valence-electron chi connectivity index (χ0n) is 29.2. The lowest BCUT2D eigenvalue weighted by atomic mass is 10.2. The summed E-state index contributed by atoms with van der Waals surface area (Å²) in [4.78, 5) is 21.4. The van der Waals surface area contributed by atoms with E-state index in [-0.39, 0.29) is 12.4 Å². The Balaban J connectivity index is 0. The van der Waals surface area contributed by atoms with Crippen molar-refractivity contribution in [1.82, 2.24) is 0 Å². The minimum atomic E-state index is -0.715. The number of unbranched alkanes of at least 4 members (excludes halogenated alkanes) is 2. The molecule has 0 saturated carbocycles. The molecule has 4 heteroatoms. The third-order valence-electron chi connectivity index (χ3n) is 6.13. The summed E-state index contributed by atoms with van der Waals surface area (Å²) < 4.78 is 4.88. The Labute approximate surface area is 282 Å². The number of allylic oxidation sites excluding steroid dienone is 20. The second-order valence-corrected chi connectivity index (χ2v) is 10.4. The first-order chi connectivity index (χ1) is 22.6. The van der Waals surface area contributed by atoms with Gasteiger partial charge < -0.3 is 9.84 Å². The molecular formula is C42H64O4. The summed E-state index contributed by atoms with van der Waals surface area (Å²) in [5.74, 6) is -0.808. The van der Waals surface area contributed by atoms with Crippen molar-refractivity contribution in [3.05, 3.63) is 122 Å². The van der Waals surface area contributed by atoms with Gasteiger partial charge in [-0.2, -0.15) is 0 Å². The molecule has 0 unspecified atom stereocenters. The molecule has 0 amide bonds. The monoisotopic (exact) mass is 632 g/mol. The highest BCUT2D eigenvalue weighted by Gasteiger charge is 1.98. The van der Waals surface area contributed by atoms with Crippen LogP contribution in [0.2, 0.25) is 0 Å². The number of ether oxygens (including phenoxy) is 1. The van der Waals surface area contributed by atoms with Gasteiger partial charge in [-0.25, -0.2) is 0 Å². The summed E-state index contributed by atoms with van der Waals surface area (Å²) in [5, 5.41) is 8.49. The smallest absolute Gasteiger partial charge is 0.305 e. The lowest BCUT2D eigenvalue weighted by molar-refractivity contribution is -0.143. The summed E-state index contributed by atoms with van der Waals surface area (Å²) in [6.45, 7) is 6.60. The maximum atomic E-state index is 11.1. The van der Waals surface area contributed by atoms with Crippen molar-refractivity contribution >= 4 is 11.9 Å². The molecule has 0 aliphatic rings. The molecule has 0 aliphatic heterocycles. The van der Waals surface area contributed by atoms with E-state index in [1.807, 2.05) is 6.92 Å². The van der Waals surface area contributed by atoms with Gasteiger partial charge in [0.1, 0.15) is 0 Å². The molecule has 0 radical (unpaired) electrons. The fraction of sp³-hybridized carbons (Fsp3) is 0.476. The van der Waals surface area contributed by atoms with E-state index in [2.05, 4.69) is 135 Å². The average molecular weight is 633 g/mol. The minimum absolute atomic E-state index is 0.0927. The molecule has 0 bridgehead atoms. The first-order valence-electron chi connectivity index (χ1n) is 17.5. The molecule has 256 valence electrons. The second-order valence-electron chi connectivity index (χ2n) is 10.4. The Morgan fingerprint density at radius 2 is 0.717 bits per heavy atom. The number of carbonyl (C=O) groups excluding carboxylic acids is 1. The summed E-state index contributed by atoms with van der Waals surface area (Å²) in [7, 11) is 0. The number of aliphatic carboxylic acids is 1. The summed E-state index contributed by atoms with van der Waals surface area (Å²) >= 11 is 0. The van der Waals surface area contributed by atoms with Crippen molar-refractivity contribution in [3.63, 3.8) is 0 Å². The van der Waals surface area contributed by atoms with Crippen LogP contribution < -0.4 is 0 Å². The molecule has 0 saturated heterocycles. The van der Waals surface area contributed by atoms with Gasteiger partial charge in [-0.1, -0.05) is 135 Å². The highest BCUT2D eigenvalue weighted by molar-refractivity contribution is 5.69. The van der Waals surface area contributed by atoms with Crippen LogP contribution in [-0.2, 0) is 14.3 Å². The number of esters is 1. The molecule has 1 N–H and O–H groups in total. The molecule has 0 aliphatic carbocycles. The van der Waals surface area contributed by atoms with E-state index in [1.165, 1.54) is 0 Å². The molecular weight excluding hydrogens is 568 g/mol. The maximum Gasteiger partial charge on any atom is 0.305 e. The molecule has 0 spiro atoms. The van der Waals surface area contributed by atoms with Gasteiger partial charge in [-0.3, -0.25) is 9.59 Å². The van der Waals surface area contributed by atoms with Gasteiger partial charge in [0.2, 0.25) is 0 Å². The molecule has 0 rings (SSSR count). The molecule has 0 aromatic carbocycles. The number of rotatable bonds is 27. The van der Waals surface area contributed by atoms with Gasteiger partial charge in [0.25, 0.3) is 0 Å². The van der Waals surface area contributed by atoms with Gasteiger partial charge in [-0.15, -0.1) is 0 Å². The third kappa shape index (κ3) is 44.8. The van der Waals surface area contributed by atoms with Crippen molar-refractivity contribution < 1.29 is 19.4 Å². The van der Waals surface area contributed by atoms with Gasteiger partial charge >= 0.3 is 11.9 Å². The van der Waals surface area contributed by atoms with Crippen molar-refractivity contribution in [3.8, 4) is 0 Å². The number of hydrogen-bond donors (Lipinski definition) is 1. The van der Waals surface area contributed by atoms with Crippen molar-refractivity contribution in [1.29, 1.82) is 0 Å². The Kier molecular flexibility index (Phi) is 40.0. The van der Waals surface area contributed by atoms with Crippen molar-refractivity contribution in [2.45, 2.75) is 124 Å². The first-order valence-corrected chi connectivity index (χ1v) is 17.5. The zero-order valence-corrected chi connectivity index (χ0v) is 29.2. The van der Waals surface area contributed by atoms with Crippen LogP contribution in [0.3, 0.4) is 0 Å². The van der Waals surface area contributed by atoms with Gasteiger partial charge in [0.05, 0.1) is 6.61 Å². The van der Waals surface area contributed by atoms with Crippen molar-refractivity contribution in [2.75, 3.05) is 6.61 Å². The van der Waals surface area contributed by atoms with Crippen LogP contribution in [0.1, 0.15) is 124 Å². The topological polar surface area (TPSA) is 63.6 Å². The lowest BCUT2D eigenvalue weighted by Gasteiger charge is -1.98. The number of carboxylic acid groups (broad SMARTS) is 1. The fourth-order valence-electron chi connectivity index (χ4n) is 3.71. The summed E-state index contributed by atoms with van der Waals surface area (Å²) in [6.07, 6.45) is 57.7. The Bertz CT molecular complexity index is 983. The Morgan fingerprint density at radius 3 is 1.00 bits per heavy atom. The molecule has 0 aromatic heterocycles. The number of carbonyl (C=O) groups is 2. The van der Waals surface area contributed by atoms with Crippen LogP contribution in [0, 0.1) is 0 Å². The number of carboxylic acids is 1. The maximum absolute atomic E-state index is 11.1. The van der Waals surface area contributed by atoms with E-state index in [0.717, 1.165) is 89.9 Å². The van der Waals surface area contributed by atoms with Crippen LogP contribution in [-0.4, -0.2) is 23.7 Å². The minimum Gasteiger partial charge on any atom is -0.481 e. The van der Waals surface area contributed by atoms with Gasteiger partial charge in [0.15, 0.2) is 0 Å². The molecule has 46 heavy (non-hydrogen) atoms. The van der Waals surface area contributed by atoms with E-state index in [9.17, 15) is 9.59 Å². The average Bonchev–Trinajstić information content (AvgIpc) is 3.04. The molecule has 4 nitrogen and oxygen atoms in total. The van der Waals surface area contributed by atoms with E-state index in [1.54, 1.807) is 0 Å². The van der Waals surface area contributed by atoms with Gasteiger partial charge in [0, 0.05) is 12.8 Å². The Hall–Kier alpha value is -3.66. The quantitative estimate of drug-likeness (QED) is 0.0556. The fourth-order valence-corrected chi connectivity index (χ4v) is 3.71. The predicted octanol–water partition coefficient (Wildman–Crippen LogP) is 12.5. The van der Waals surface area contributed by atoms with Crippen LogP contribution >= 0.6 is 0 Å². The Morgan fingerprint density at radius 1 is 0.435 bits per heavy atom. The SMILES string of the molecule is CC/C=C\C/C=C\C/C=C\C/C=C\C/C=C\CCCC(=O)O.CC/C=C\C/C=C\C/C=C\C/C=C\C/C=C\CCCC(=O)OCC. The third-order valence-corrected chi connectivity index (χ3v) is 6.13. The van der Waals surface area contributed by atoms with Crippen LogP contribution in [0.15, 0.2) is 122 Å². The largest absolute Gasteiger partial charge is 0.481 e. The number of hydrogen-bond acceptors (Lipinski definition) is 3. The molecule has 0 fully saturated rings. The van der Waals surface area contributed by atoms with Crippen LogP contribution in [0.4, 0.5) is 0 Å². The second kappa shape index (κ2) is 41.3. The highest BCUT2D eigenvalue weighted by Crippen LogP contribution is 2.01. The lowest BCUT2D eigenvalue weighted by Crippen LogP contribution is -2.02. The van der Waals surface area contributed by atoms with Crippen molar-refractivity contribution in [2.24, 2.45) is 0 Å². The zero-order chi connectivity index (χ0) is 34.0. The molecule has 0 atom stereocenters. The van der Waals surface area contributed by atoms with Crippen LogP contribution in [0.25, 0.3) is 0 Å². The van der Waals surface area contributed by atoms with E-state index < -0.39 is 5.97 Å². The molecule has 0 heterocycles. The van der Waals surface area contributed by atoms with Crippen LogP contribution in [0.5, 0.6) is 0 Å². The van der Waals surface area contributed by atoms with E-state index in [0.29, 0.717) is 13.0 Å².